The highest BCUT2D eigenvalue weighted by molar-refractivity contribution is 8.00. The summed E-state index contributed by atoms with van der Waals surface area (Å²) in [5.41, 5.74) is 0. The lowest BCUT2D eigenvalue weighted by Crippen LogP contribution is -2.54. The number of halogens is 1. The Kier molecular flexibility index (Phi) is 6.94. The molecule has 4 rings (SSSR count). The second-order valence-corrected chi connectivity index (χ2v) is 8.74. The van der Waals surface area contributed by atoms with Crippen molar-refractivity contribution in [2.75, 3.05) is 30.3 Å². The Bertz CT molecular complexity index is 1040. The summed E-state index contributed by atoms with van der Waals surface area (Å²) in [6, 6.07) is 19.1. The molecule has 31 heavy (non-hydrogen) atoms. The van der Waals surface area contributed by atoms with E-state index in [2.05, 4.69) is 21.8 Å². The number of hydrogen-bond acceptors (Lipinski definition) is 6. The number of thioether (sulfide) groups is 1. The van der Waals surface area contributed by atoms with Gasteiger partial charge in [0.2, 0.25) is 11.8 Å². The second kappa shape index (κ2) is 10.0. The topological polar surface area (TPSA) is 58.6 Å². The predicted octanol–water partition coefficient (Wildman–Crippen LogP) is 4.75. The Hall–Kier alpha value is -2.77. The maximum absolute atomic E-state index is 12.7. The first-order valence-corrected chi connectivity index (χ1v) is 11.4. The Labute approximate surface area is 191 Å². The van der Waals surface area contributed by atoms with Crippen LogP contribution in [0.1, 0.15) is 6.92 Å². The van der Waals surface area contributed by atoms with E-state index in [-0.39, 0.29) is 11.9 Å². The van der Waals surface area contributed by atoms with Crippen molar-refractivity contribution in [2.45, 2.75) is 17.9 Å². The Morgan fingerprint density at radius 2 is 1.97 bits per heavy atom. The molecule has 0 spiro atoms. The number of anilines is 1. The third-order valence-electron chi connectivity index (χ3n) is 5.02. The van der Waals surface area contributed by atoms with Crippen LogP contribution in [0, 0.1) is 0 Å². The first kappa shape index (κ1) is 21.5. The number of ether oxygens (including phenoxy) is 1. The molecule has 0 saturated carbocycles. The molecule has 160 valence electrons. The molecule has 1 amide bonds. The summed E-state index contributed by atoms with van der Waals surface area (Å²) in [6.45, 7) is 4.14. The summed E-state index contributed by atoms with van der Waals surface area (Å²) in [5.74, 6) is 2.47. The van der Waals surface area contributed by atoms with E-state index in [4.69, 9.17) is 16.3 Å². The molecule has 8 heteroatoms. The SMILES string of the molecule is C[C@H]1CN(c2cc(Oc3cccc(Cl)c3)ncn2)CCN1C(=O)CSc1ccccc1. The van der Waals surface area contributed by atoms with Crippen molar-refractivity contribution >= 4 is 35.1 Å². The molecule has 0 aliphatic carbocycles. The highest BCUT2D eigenvalue weighted by Crippen LogP contribution is 2.26. The summed E-state index contributed by atoms with van der Waals surface area (Å²) in [4.78, 5) is 26.6. The van der Waals surface area contributed by atoms with Crippen molar-refractivity contribution in [1.82, 2.24) is 14.9 Å². The quantitative estimate of drug-likeness (QED) is 0.501. The lowest BCUT2D eigenvalue weighted by molar-refractivity contribution is -0.130. The van der Waals surface area contributed by atoms with Crippen LogP contribution < -0.4 is 9.64 Å². The smallest absolute Gasteiger partial charge is 0.233 e. The Morgan fingerprint density at radius 3 is 2.74 bits per heavy atom. The highest BCUT2D eigenvalue weighted by Gasteiger charge is 2.28. The third-order valence-corrected chi connectivity index (χ3v) is 6.26. The zero-order chi connectivity index (χ0) is 21.6. The van der Waals surface area contributed by atoms with Crippen LogP contribution in [0.2, 0.25) is 5.02 Å². The summed E-state index contributed by atoms with van der Waals surface area (Å²) < 4.78 is 5.82. The van der Waals surface area contributed by atoms with E-state index in [9.17, 15) is 4.79 Å². The molecule has 3 aromatic rings. The van der Waals surface area contributed by atoms with Gasteiger partial charge >= 0.3 is 0 Å². The van der Waals surface area contributed by atoms with Crippen molar-refractivity contribution in [3.8, 4) is 11.6 Å². The third kappa shape index (κ3) is 5.68. The Morgan fingerprint density at radius 1 is 1.13 bits per heavy atom. The van der Waals surface area contributed by atoms with E-state index in [1.165, 1.54) is 6.33 Å². The molecule has 1 saturated heterocycles. The molecule has 1 aromatic heterocycles. The lowest BCUT2D eigenvalue weighted by Gasteiger charge is -2.40. The predicted molar refractivity (Wildman–Crippen MR) is 124 cm³/mol. The van der Waals surface area contributed by atoms with Crippen molar-refractivity contribution in [3.05, 3.63) is 72.0 Å². The van der Waals surface area contributed by atoms with E-state index in [0.717, 1.165) is 10.7 Å². The van der Waals surface area contributed by atoms with E-state index in [1.54, 1.807) is 23.9 Å². The van der Waals surface area contributed by atoms with E-state index < -0.39 is 0 Å². The molecular weight excluding hydrogens is 432 g/mol. The number of benzene rings is 2. The van der Waals surface area contributed by atoms with E-state index in [1.807, 2.05) is 53.4 Å². The monoisotopic (exact) mass is 454 g/mol. The number of carbonyl (C=O) groups is 1. The maximum atomic E-state index is 12.7. The molecule has 0 unspecified atom stereocenters. The summed E-state index contributed by atoms with van der Waals surface area (Å²) in [7, 11) is 0. The van der Waals surface area contributed by atoms with Gasteiger partial charge < -0.3 is 14.5 Å². The molecule has 2 heterocycles. The molecule has 1 aliphatic heterocycles. The molecule has 2 aromatic carbocycles. The molecular formula is C23H23ClN4O2S. The zero-order valence-electron chi connectivity index (χ0n) is 17.1. The number of piperazine rings is 1. The van der Waals surface area contributed by atoms with Crippen molar-refractivity contribution in [2.24, 2.45) is 0 Å². The van der Waals surface area contributed by atoms with Crippen molar-refractivity contribution < 1.29 is 9.53 Å². The first-order chi connectivity index (χ1) is 15.1. The van der Waals surface area contributed by atoms with Gasteiger partial charge in [0.15, 0.2) is 0 Å². The minimum absolute atomic E-state index is 0.0879. The van der Waals surface area contributed by atoms with Crippen LogP contribution in [0.3, 0.4) is 0 Å². The fourth-order valence-electron chi connectivity index (χ4n) is 3.49. The number of nitrogens with zero attached hydrogens (tertiary/aromatic N) is 4. The van der Waals surface area contributed by atoms with Gasteiger partial charge in [0, 0.05) is 41.7 Å². The van der Waals surface area contributed by atoms with Crippen LogP contribution in [0.4, 0.5) is 5.82 Å². The Balaban J connectivity index is 1.35. The number of rotatable bonds is 6. The molecule has 0 radical (unpaired) electrons. The van der Waals surface area contributed by atoms with Gasteiger partial charge in [-0.15, -0.1) is 11.8 Å². The van der Waals surface area contributed by atoms with Crippen LogP contribution >= 0.6 is 23.4 Å². The van der Waals surface area contributed by atoms with Gasteiger partial charge in [-0.1, -0.05) is 35.9 Å². The van der Waals surface area contributed by atoms with Gasteiger partial charge in [-0.2, -0.15) is 0 Å². The van der Waals surface area contributed by atoms with Crippen LogP contribution in [-0.4, -0.2) is 52.2 Å². The normalized spacial score (nSPS) is 16.3. The van der Waals surface area contributed by atoms with Gasteiger partial charge in [-0.05, 0) is 37.3 Å². The number of carbonyl (C=O) groups excluding carboxylic acids is 1. The highest BCUT2D eigenvalue weighted by atomic mass is 35.5. The average Bonchev–Trinajstić information content (AvgIpc) is 2.78. The van der Waals surface area contributed by atoms with E-state index >= 15 is 0 Å². The lowest BCUT2D eigenvalue weighted by atomic mass is 10.2. The average molecular weight is 455 g/mol. The molecule has 0 bridgehead atoms. The molecule has 1 atom stereocenters. The van der Waals surface area contributed by atoms with Crippen LogP contribution in [0.15, 0.2) is 71.9 Å². The number of hydrogen-bond donors (Lipinski definition) is 0. The minimum Gasteiger partial charge on any atom is -0.439 e. The van der Waals surface area contributed by atoms with Crippen molar-refractivity contribution in [1.29, 1.82) is 0 Å². The number of aromatic nitrogens is 2. The summed E-state index contributed by atoms with van der Waals surface area (Å²) in [6.07, 6.45) is 1.49. The van der Waals surface area contributed by atoms with Gasteiger partial charge in [0.25, 0.3) is 0 Å². The van der Waals surface area contributed by atoms with Crippen molar-refractivity contribution in [3.63, 3.8) is 0 Å². The fraction of sp³-hybridized carbons (Fsp3) is 0.261. The first-order valence-electron chi connectivity index (χ1n) is 10.1. The molecule has 1 fully saturated rings. The van der Waals surface area contributed by atoms with Crippen LogP contribution in [0.5, 0.6) is 11.6 Å². The van der Waals surface area contributed by atoms with Gasteiger partial charge in [0.1, 0.15) is 17.9 Å². The van der Waals surface area contributed by atoms with Gasteiger partial charge in [0.05, 0.1) is 5.75 Å². The summed E-state index contributed by atoms with van der Waals surface area (Å²) in [5, 5.41) is 0.604. The largest absolute Gasteiger partial charge is 0.439 e. The number of amides is 1. The second-order valence-electron chi connectivity index (χ2n) is 7.26. The zero-order valence-corrected chi connectivity index (χ0v) is 18.7. The van der Waals surface area contributed by atoms with Gasteiger partial charge in [-0.25, -0.2) is 9.97 Å². The molecule has 1 aliphatic rings. The van der Waals surface area contributed by atoms with Gasteiger partial charge in [-0.3, -0.25) is 4.79 Å². The minimum atomic E-state index is 0.0879. The van der Waals surface area contributed by atoms with E-state index in [0.29, 0.717) is 42.0 Å². The standard InChI is InChI=1S/C23H23ClN4O2S/c1-17-14-27(10-11-28(17)23(29)15-31-20-8-3-2-4-9-20)21-13-22(26-16-25-21)30-19-7-5-6-18(24)12-19/h2-9,12-13,16-17H,10-11,14-15H2,1H3/t17-/m0/s1. The molecule has 0 N–H and O–H groups in total. The fourth-order valence-corrected chi connectivity index (χ4v) is 4.48. The molecule has 6 nitrogen and oxygen atoms in total. The van der Waals surface area contributed by atoms with Crippen LogP contribution in [-0.2, 0) is 4.79 Å². The van der Waals surface area contributed by atoms with Crippen LogP contribution in [0.25, 0.3) is 0 Å². The maximum Gasteiger partial charge on any atom is 0.233 e. The summed E-state index contributed by atoms with van der Waals surface area (Å²) >= 11 is 7.60.